The molecule has 0 fully saturated rings. The summed E-state index contributed by atoms with van der Waals surface area (Å²) < 4.78 is 1.76. The lowest BCUT2D eigenvalue weighted by Crippen LogP contribution is -2.11. The molecule has 0 bridgehead atoms. The van der Waals surface area contributed by atoms with E-state index in [2.05, 4.69) is 15.1 Å². The van der Waals surface area contributed by atoms with Crippen molar-refractivity contribution in [1.82, 2.24) is 19.7 Å². The minimum Gasteiger partial charge on any atom is -0.483 e. The average molecular weight is 299 g/mol. The van der Waals surface area contributed by atoms with Crippen molar-refractivity contribution in [2.45, 2.75) is 0 Å². The number of aryl methyl sites for hydroxylation is 1. The highest BCUT2D eigenvalue weighted by Gasteiger charge is 2.06. The minimum absolute atomic E-state index is 0.250. The van der Waals surface area contributed by atoms with E-state index in [0.29, 0.717) is 11.4 Å². The summed E-state index contributed by atoms with van der Waals surface area (Å²) in [4.78, 5) is 27.6. The van der Waals surface area contributed by atoms with Gasteiger partial charge in [0.05, 0.1) is 11.1 Å². The van der Waals surface area contributed by atoms with Gasteiger partial charge < -0.3 is 10.8 Å². The number of fused-ring (bicyclic) bond motifs is 1. The Morgan fingerprint density at radius 2 is 1.95 bits per heavy atom. The summed E-state index contributed by atoms with van der Waals surface area (Å²) in [7, 11) is 1.87. The number of aromatic nitrogens is 4. The zero-order valence-corrected chi connectivity index (χ0v) is 11.7. The maximum absolute atomic E-state index is 11.0. The van der Waals surface area contributed by atoms with Gasteiger partial charge in [-0.15, -0.1) is 0 Å². The summed E-state index contributed by atoms with van der Waals surface area (Å²) >= 11 is 0. The number of hydrogen-bond donors (Lipinski definition) is 2. The van der Waals surface area contributed by atoms with Gasteiger partial charge in [0.15, 0.2) is 5.82 Å². The van der Waals surface area contributed by atoms with Crippen LogP contribution in [0.4, 0.5) is 0 Å². The van der Waals surface area contributed by atoms with Crippen molar-refractivity contribution in [3.8, 4) is 11.4 Å². The van der Waals surface area contributed by atoms with Crippen LogP contribution in [0.25, 0.3) is 22.3 Å². The molecule has 3 N–H and O–H groups in total. The fourth-order valence-corrected chi connectivity index (χ4v) is 1.89. The van der Waals surface area contributed by atoms with Gasteiger partial charge in [-0.25, -0.2) is 9.97 Å². The van der Waals surface area contributed by atoms with Crippen LogP contribution in [0.2, 0.25) is 0 Å². The largest absolute Gasteiger partial charge is 0.483 e. The molecule has 2 aromatic heterocycles. The molecule has 0 aliphatic rings. The molecule has 1 aromatic carbocycles. The molecule has 22 heavy (non-hydrogen) atoms. The summed E-state index contributed by atoms with van der Waals surface area (Å²) in [5, 5.41) is 12.2. The van der Waals surface area contributed by atoms with Crippen LogP contribution in [0.3, 0.4) is 0 Å². The minimum atomic E-state index is -0.533. The number of carbonyl (C=O) groups is 2. The molecule has 0 saturated heterocycles. The summed E-state index contributed by atoms with van der Waals surface area (Å²) in [6.45, 7) is -0.250. The van der Waals surface area contributed by atoms with E-state index in [1.54, 1.807) is 4.68 Å². The molecule has 0 radical (unpaired) electrons. The van der Waals surface area contributed by atoms with Gasteiger partial charge in [0.25, 0.3) is 12.4 Å². The lowest BCUT2D eigenvalue weighted by atomic mass is 10.1. The second kappa shape index (κ2) is 6.44. The molecule has 0 aliphatic heterocycles. The molecule has 8 nitrogen and oxygen atoms in total. The highest BCUT2D eigenvalue weighted by molar-refractivity contribution is 5.92. The molecule has 1 amide bonds. The lowest BCUT2D eigenvalue weighted by Gasteiger charge is -2.00. The Kier molecular flexibility index (Phi) is 4.42. The molecule has 3 aromatic rings. The standard InChI is InChI=1S/C13H11N5O.CH2O2/c1-18-7-9-4-8(2-3-11(9)17-18)13-15-5-10(6-16-13)12(14)19;2-1-3/h2-7H,1H3,(H2,14,19);1H,(H,2,3). The van der Waals surface area contributed by atoms with Crippen LogP contribution in [-0.2, 0) is 11.8 Å². The van der Waals surface area contributed by atoms with Gasteiger partial charge in [0.2, 0.25) is 0 Å². The Labute approximate surface area is 125 Å². The van der Waals surface area contributed by atoms with Crippen molar-refractivity contribution in [1.29, 1.82) is 0 Å². The molecule has 0 aliphatic carbocycles. The van der Waals surface area contributed by atoms with E-state index >= 15 is 0 Å². The number of rotatable bonds is 2. The van der Waals surface area contributed by atoms with Crippen molar-refractivity contribution in [3.63, 3.8) is 0 Å². The van der Waals surface area contributed by atoms with Crippen LogP contribution >= 0.6 is 0 Å². The van der Waals surface area contributed by atoms with Crippen molar-refractivity contribution in [3.05, 3.63) is 42.4 Å². The Bertz CT molecular complexity index is 811. The van der Waals surface area contributed by atoms with Gasteiger partial charge in [-0.05, 0) is 18.2 Å². The maximum atomic E-state index is 11.0. The average Bonchev–Trinajstić information content (AvgIpc) is 2.87. The van der Waals surface area contributed by atoms with Gasteiger partial charge >= 0.3 is 0 Å². The van der Waals surface area contributed by atoms with E-state index in [9.17, 15) is 4.79 Å². The van der Waals surface area contributed by atoms with Gasteiger partial charge in [0, 0.05) is 36.6 Å². The van der Waals surface area contributed by atoms with E-state index in [4.69, 9.17) is 15.6 Å². The summed E-state index contributed by atoms with van der Waals surface area (Å²) in [6, 6.07) is 5.77. The first-order valence-electron chi connectivity index (χ1n) is 6.18. The number of carbonyl (C=O) groups excluding carboxylic acids is 1. The molecule has 3 rings (SSSR count). The first-order chi connectivity index (χ1) is 10.5. The topological polar surface area (TPSA) is 124 Å². The molecule has 112 valence electrons. The molecule has 0 spiro atoms. The molecule has 8 heteroatoms. The second-order valence-electron chi connectivity index (χ2n) is 4.34. The fraction of sp³-hybridized carbons (Fsp3) is 0.0714. The molecule has 0 unspecified atom stereocenters. The van der Waals surface area contributed by atoms with Crippen LogP contribution in [0.15, 0.2) is 36.8 Å². The van der Waals surface area contributed by atoms with Gasteiger partial charge in [-0.1, -0.05) is 0 Å². The van der Waals surface area contributed by atoms with Crippen LogP contribution in [0.1, 0.15) is 10.4 Å². The predicted octanol–water partition coefficient (Wildman–Crippen LogP) is 0.830. The maximum Gasteiger partial charge on any atom is 0.290 e. The van der Waals surface area contributed by atoms with Gasteiger partial charge in [-0.2, -0.15) is 5.10 Å². The number of benzene rings is 1. The van der Waals surface area contributed by atoms with Crippen LogP contribution in [-0.4, -0.2) is 37.2 Å². The fourth-order valence-electron chi connectivity index (χ4n) is 1.89. The van der Waals surface area contributed by atoms with E-state index in [0.717, 1.165) is 16.5 Å². The Balaban J connectivity index is 0.000000545. The zero-order chi connectivity index (χ0) is 16.1. The number of nitrogens with zero attached hydrogens (tertiary/aromatic N) is 4. The first kappa shape index (κ1) is 15.1. The van der Waals surface area contributed by atoms with E-state index in [1.807, 2.05) is 31.4 Å². The summed E-state index contributed by atoms with van der Waals surface area (Å²) in [5.74, 6) is 0.0185. The number of nitrogens with two attached hydrogens (primary N) is 1. The monoisotopic (exact) mass is 299 g/mol. The third-order valence-electron chi connectivity index (χ3n) is 2.81. The second-order valence-corrected chi connectivity index (χ2v) is 4.34. The van der Waals surface area contributed by atoms with Crippen LogP contribution in [0.5, 0.6) is 0 Å². The SMILES string of the molecule is Cn1cc2cc(-c3ncc(C(N)=O)cn3)ccc2n1.O=CO. The lowest BCUT2D eigenvalue weighted by molar-refractivity contribution is -0.122. The molecular formula is C14H13N5O3. The van der Waals surface area contributed by atoms with Gasteiger partial charge in [0.1, 0.15) is 0 Å². The predicted molar refractivity (Wildman–Crippen MR) is 79.0 cm³/mol. The van der Waals surface area contributed by atoms with Crippen LogP contribution in [0, 0.1) is 0 Å². The highest BCUT2D eigenvalue weighted by Crippen LogP contribution is 2.20. The summed E-state index contributed by atoms with van der Waals surface area (Å²) in [5.41, 5.74) is 7.24. The van der Waals surface area contributed by atoms with Crippen molar-refractivity contribution >= 4 is 23.3 Å². The Hall–Kier alpha value is -3.29. The Morgan fingerprint density at radius 3 is 2.55 bits per heavy atom. The first-order valence-corrected chi connectivity index (χ1v) is 6.18. The summed E-state index contributed by atoms with van der Waals surface area (Å²) in [6.07, 6.45) is 4.78. The number of hydrogen-bond acceptors (Lipinski definition) is 5. The quantitative estimate of drug-likeness (QED) is 0.675. The van der Waals surface area contributed by atoms with E-state index < -0.39 is 5.91 Å². The molecule has 2 heterocycles. The van der Waals surface area contributed by atoms with Crippen molar-refractivity contribution in [2.75, 3.05) is 0 Å². The van der Waals surface area contributed by atoms with E-state index in [-0.39, 0.29) is 6.47 Å². The van der Waals surface area contributed by atoms with Gasteiger partial charge in [-0.3, -0.25) is 14.3 Å². The Morgan fingerprint density at radius 1 is 1.32 bits per heavy atom. The number of amides is 1. The molecule has 0 atom stereocenters. The number of carboxylic acid groups (broad SMARTS) is 1. The van der Waals surface area contributed by atoms with Crippen LogP contribution < -0.4 is 5.73 Å². The smallest absolute Gasteiger partial charge is 0.290 e. The highest BCUT2D eigenvalue weighted by atomic mass is 16.3. The van der Waals surface area contributed by atoms with E-state index in [1.165, 1.54) is 12.4 Å². The third kappa shape index (κ3) is 3.23. The molecule has 0 saturated carbocycles. The van der Waals surface area contributed by atoms with Crippen molar-refractivity contribution < 1.29 is 14.7 Å². The normalized spacial score (nSPS) is 9.86. The zero-order valence-electron chi connectivity index (χ0n) is 11.7. The van der Waals surface area contributed by atoms with Crippen molar-refractivity contribution in [2.24, 2.45) is 12.8 Å². The third-order valence-corrected chi connectivity index (χ3v) is 2.81. The number of primary amides is 1. The molecular weight excluding hydrogens is 286 g/mol.